The van der Waals surface area contributed by atoms with Gasteiger partial charge in [0.25, 0.3) is 5.91 Å². The van der Waals surface area contributed by atoms with Gasteiger partial charge in [0.1, 0.15) is 11.3 Å². The predicted molar refractivity (Wildman–Crippen MR) is 103 cm³/mol. The summed E-state index contributed by atoms with van der Waals surface area (Å²) >= 11 is 0. The van der Waals surface area contributed by atoms with Gasteiger partial charge < -0.3 is 14.5 Å². The van der Waals surface area contributed by atoms with E-state index in [0.29, 0.717) is 28.4 Å². The fourth-order valence-electron chi connectivity index (χ4n) is 2.60. The highest BCUT2D eigenvalue weighted by Crippen LogP contribution is 2.25. The Morgan fingerprint density at radius 2 is 1.85 bits per heavy atom. The van der Waals surface area contributed by atoms with Crippen LogP contribution in [0.25, 0.3) is 22.6 Å². The highest BCUT2D eigenvalue weighted by Gasteiger charge is 2.10. The number of fused-ring (bicyclic) bond motifs is 1. The number of carbonyl (C=O) groups is 1. The van der Waals surface area contributed by atoms with Crippen molar-refractivity contribution in [3.05, 3.63) is 72.6 Å². The first-order chi connectivity index (χ1) is 13.2. The minimum absolute atomic E-state index is 0.0673. The van der Waals surface area contributed by atoms with Crippen molar-refractivity contribution in [2.75, 3.05) is 11.9 Å². The number of hydrogen-bond acceptors (Lipinski definition) is 5. The molecule has 0 spiro atoms. The minimum atomic E-state index is -0.243. The molecular formula is C21H17N3O3. The average Bonchev–Trinajstić information content (AvgIpc) is 3.12. The number of ether oxygens (including phenoxy) is 1. The van der Waals surface area contributed by atoms with Gasteiger partial charge in [-0.15, -0.1) is 0 Å². The van der Waals surface area contributed by atoms with Crippen molar-refractivity contribution in [3.8, 4) is 17.2 Å². The predicted octanol–water partition coefficient (Wildman–Crippen LogP) is 4.22. The quantitative estimate of drug-likeness (QED) is 0.577. The molecule has 0 radical (unpaired) electrons. The number of amides is 1. The van der Waals surface area contributed by atoms with Crippen molar-refractivity contribution in [1.82, 2.24) is 9.97 Å². The minimum Gasteiger partial charge on any atom is -0.484 e. The Morgan fingerprint density at radius 3 is 2.63 bits per heavy atom. The maximum Gasteiger partial charge on any atom is 0.262 e. The maximum absolute atomic E-state index is 12.1. The zero-order chi connectivity index (χ0) is 18.6. The first kappa shape index (κ1) is 16.8. The lowest BCUT2D eigenvalue weighted by molar-refractivity contribution is -0.118. The summed E-state index contributed by atoms with van der Waals surface area (Å²) in [4.78, 5) is 20.6. The van der Waals surface area contributed by atoms with Gasteiger partial charge in [-0.1, -0.05) is 17.7 Å². The smallest absolute Gasteiger partial charge is 0.262 e. The number of benzene rings is 2. The monoisotopic (exact) mass is 359 g/mol. The molecule has 0 aliphatic heterocycles. The molecule has 27 heavy (non-hydrogen) atoms. The molecular weight excluding hydrogens is 342 g/mol. The molecule has 0 aliphatic carbocycles. The molecule has 6 heteroatoms. The Balaban J connectivity index is 1.44. The van der Waals surface area contributed by atoms with E-state index in [1.165, 1.54) is 0 Å². The average molecular weight is 359 g/mol. The molecule has 0 bridgehead atoms. The molecule has 2 aromatic carbocycles. The van der Waals surface area contributed by atoms with Gasteiger partial charge in [-0.2, -0.15) is 0 Å². The molecule has 2 heterocycles. The highest BCUT2D eigenvalue weighted by atomic mass is 16.5. The standard InChI is InChI=1S/C21H17N3O3/c1-14-2-5-17(6-3-14)26-13-20(25)23-16-4-7-19-18(12-16)24-21(27-19)15-8-10-22-11-9-15/h2-12H,13H2,1H3,(H,23,25). The Hall–Kier alpha value is -3.67. The summed E-state index contributed by atoms with van der Waals surface area (Å²) in [5.74, 6) is 0.927. The largest absolute Gasteiger partial charge is 0.484 e. The van der Waals surface area contributed by atoms with E-state index in [-0.39, 0.29) is 12.5 Å². The van der Waals surface area contributed by atoms with Crippen molar-refractivity contribution in [1.29, 1.82) is 0 Å². The number of pyridine rings is 1. The number of rotatable bonds is 5. The third kappa shape index (κ3) is 3.95. The second-order valence-corrected chi connectivity index (χ2v) is 6.09. The molecule has 0 saturated carbocycles. The van der Waals surface area contributed by atoms with Crippen LogP contribution in [0.5, 0.6) is 5.75 Å². The molecule has 0 unspecified atom stereocenters. The van der Waals surface area contributed by atoms with Gasteiger partial charge in [0.15, 0.2) is 12.2 Å². The van der Waals surface area contributed by atoms with Crippen LogP contribution < -0.4 is 10.1 Å². The number of hydrogen-bond donors (Lipinski definition) is 1. The van der Waals surface area contributed by atoms with Gasteiger partial charge in [0.2, 0.25) is 5.89 Å². The molecule has 0 atom stereocenters. The summed E-state index contributed by atoms with van der Waals surface area (Å²) in [6, 6.07) is 16.5. The molecule has 134 valence electrons. The van der Waals surface area contributed by atoms with E-state index >= 15 is 0 Å². The summed E-state index contributed by atoms with van der Waals surface area (Å²) in [7, 11) is 0. The van der Waals surface area contributed by atoms with Gasteiger partial charge >= 0.3 is 0 Å². The number of oxazole rings is 1. The normalized spacial score (nSPS) is 10.7. The lowest BCUT2D eigenvalue weighted by atomic mass is 10.2. The molecule has 2 aromatic heterocycles. The van der Waals surface area contributed by atoms with Crippen LogP contribution in [0.2, 0.25) is 0 Å². The van der Waals surface area contributed by atoms with E-state index < -0.39 is 0 Å². The first-order valence-electron chi connectivity index (χ1n) is 8.48. The van der Waals surface area contributed by atoms with Crippen LogP contribution in [0.3, 0.4) is 0 Å². The fourth-order valence-corrected chi connectivity index (χ4v) is 2.60. The van der Waals surface area contributed by atoms with Crippen molar-refractivity contribution in [2.24, 2.45) is 0 Å². The molecule has 1 amide bonds. The summed E-state index contributed by atoms with van der Waals surface area (Å²) in [6.45, 7) is 1.93. The molecule has 0 aliphatic rings. The summed E-state index contributed by atoms with van der Waals surface area (Å²) in [6.07, 6.45) is 3.37. The van der Waals surface area contributed by atoms with E-state index in [9.17, 15) is 4.79 Å². The lowest BCUT2D eigenvalue weighted by Gasteiger charge is -2.07. The second-order valence-electron chi connectivity index (χ2n) is 6.09. The van der Waals surface area contributed by atoms with Crippen molar-refractivity contribution < 1.29 is 13.9 Å². The van der Waals surface area contributed by atoms with Crippen LogP contribution in [0.4, 0.5) is 5.69 Å². The van der Waals surface area contributed by atoms with Crippen LogP contribution in [-0.2, 0) is 4.79 Å². The zero-order valence-corrected chi connectivity index (χ0v) is 14.7. The molecule has 4 aromatic rings. The van der Waals surface area contributed by atoms with E-state index in [1.807, 2.05) is 43.3 Å². The second kappa shape index (κ2) is 7.29. The summed E-state index contributed by atoms with van der Waals surface area (Å²) in [5, 5.41) is 2.81. The molecule has 0 saturated heterocycles. The molecule has 1 N–H and O–H groups in total. The Morgan fingerprint density at radius 1 is 1.07 bits per heavy atom. The van der Waals surface area contributed by atoms with Crippen LogP contribution in [0.1, 0.15) is 5.56 Å². The Kier molecular flexibility index (Phi) is 4.53. The SMILES string of the molecule is Cc1ccc(OCC(=O)Nc2ccc3oc(-c4ccncc4)nc3c2)cc1. The van der Waals surface area contributed by atoms with Crippen LogP contribution in [0.15, 0.2) is 71.4 Å². The van der Waals surface area contributed by atoms with Gasteiger partial charge in [0, 0.05) is 23.6 Å². The van der Waals surface area contributed by atoms with Crippen molar-refractivity contribution >= 4 is 22.7 Å². The van der Waals surface area contributed by atoms with Gasteiger partial charge in [-0.05, 0) is 49.4 Å². The Labute approximate surface area is 155 Å². The van der Waals surface area contributed by atoms with Crippen LogP contribution >= 0.6 is 0 Å². The van der Waals surface area contributed by atoms with Crippen molar-refractivity contribution in [3.63, 3.8) is 0 Å². The highest BCUT2D eigenvalue weighted by molar-refractivity contribution is 5.94. The number of aryl methyl sites for hydroxylation is 1. The lowest BCUT2D eigenvalue weighted by Crippen LogP contribution is -2.20. The molecule has 6 nitrogen and oxygen atoms in total. The third-order valence-electron chi connectivity index (χ3n) is 3.99. The molecule has 0 fully saturated rings. The van der Waals surface area contributed by atoms with E-state index in [1.54, 1.807) is 30.6 Å². The third-order valence-corrected chi connectivity index (χ3v) is 3.99. The van der Waals surface area contributed by atoms with E-state index in [0.717, 1.165) is 11.1 Å². The number of anilines is 1. The number of aromatic nitrogens is 2. The number of nitrogens with zero attached hydrogens (tertiary/aromatic N) is 2. The maximum atomic E-state index is 12.1. The fraction of sp³-hybridized carbons (Fsp3) is 0.0952. The van der Waals surface area contributed by atoms with E-state index in [2.05, 4.69) is 15.3 Å². The van der Waals surface area contributed by atoms with Gasteiger partial charge in [0.05, 0.1) is 0 Å². The number of carbonyl (C=O) groups excluding carboxylic acids is 1. The first-order valence-corrected chi connectivity index (χ1v) is 8.48. The Bertz CT molecular complexity index is 1070. The molecule has 4 rings (SSSR count). The topological polar surface area (TPSA) is 77.2 Å². The zero-order valence-electron chi connectivity index (χ0n) is 14.7. The number of nitrogens with one attached hydrogen (secondary N) is 1. The summed E-state index contributed by atoms with van der Waals surface area (Å²) < 4.78 is 11.2. The van der Waals surface area contributed by atoms with E-state index in [4.69, 9.17) is 9.15 Å². The van der Waals surface area contributed by atoms with Crippen LogP contribution in [0, 0.1) is 6.92 Å². The van der Waals surface area contributed by atoms with Gasteiger partial charge in [-0.3, -0.25) is 9.78 Å². The van der Waals surface area contributed by atoms with Crippen molar-refractivity contribution in [2.45, 2.75) is 6.92 Å². The summed E-state index contributed by atoms with van der Waals surface area (Å²) in [5.41, 5.74) is 3.93. The van der Waals surface area contributed by atoms with Crippen LogP contribution in [-0.4, -0.2) is 22.5 Å². The van der Waals surface area contributed by atoms with Gasteiger partial charge in [-0.25, -0.2) is 4.98 Å².